The standard InChI is InChI=1S/C11H14N4S/c1-3-12-4-2-8(1)9-5-10(15-14-9)11-6-13-7-16-11/h5-8,12H,1-4H2,(H,14,15). The Morgan fingerprint density at radius 3 is 2.94 bits per heavy atom. The molecule has 0 spiro atoms. The fourth-order valence-electron chi connectivity index (χ4n) is 2.15. The Labute approximate surface area is 98.1 Å². The summed E-state index contributed by atoms with van der Waals surface area (Å²) in [6, 6.07) is 2.17. The summed E-state index contributed by atoms with van der Waals surface area (Å²) in [6.07, 6.45) is 4.27. The van der Waals surface area contributed by atoms with E-state index in [1.807, 2.05) is 11.7 Å². The van der Waals surface area contributed by atoms with Crippen LogP contribution >= 0.6 is 11.3 Å². The van der Waals surface area contributed by atoms with E-state index in [2.05, 4.69) is 26.6 Å². The molecule has 0 unspecified atom stereocenters. The monoisotopic (exact) mass is 234 g/mol. The van der Waals surface area contributed by atoms with Gasteiger partial charge in [0.25, 0.3) is 0 Å². The van der Waals surface area contributed by atoms with E-state index in [-0.39, 0.29) is 0 Å². The van der Waals surface area contributed by atoms with Gasteiger partial charge in [-0.15, -0.1) is 11.3 Å². The maximum atomic E-state index is 4.36. The average Bonchev–Trinajstić information content (AvgIpc) is 3.01. The SMILES string of the molecule is c1ncc(-c2cc(C3CCNCC3)[nH]n2)s1. The molecule has 0 aliphatic carbocycles. The number of nitrogens with one attached hydrogen (secondary N) is 2. The predicted molar refractivity (Wildman–Crippen MR) is 64.5 cm³/mol. The van der Waals surface area contributed by atoms with Crippen molar-refractivity contribution in [2.24, 2.45) is 0 Å². The van der Waals surface area contributed by atoms with Crippen LogP contribution < -0.4 is 5.32 Å². The van der Waals surface area contributed by atoms with Crippen molar-refractivity contribution in [3.05, 3.63) is 23.5 Å². The van der Waals surface area contributed by atoms with Gasteiger partial charge in [0.2, 0.25) is 0 Å². The van der Waals surface area contributed by atoms with Crippen LogP contribution in [0.3, 0.4) is 0 Å². The maximum Gasteiger partial charge on any atom is 0.104 e. The van der Waals surface area contributed by atoms with Crippen molar-refractivity contribution in [3.63, 3.8) is 0 Å². The maximum absolute atomic E-state index is 4.36. The molecule has 0 saturated carbocycles. The molecule has 0 radical (unpaired) electrons. The van der Waals surface area contributed by atoms with Crippen LogP contribution in [0.2, 0.25) is 0 Å². The third kappa shape index (κ3) is 1.88. The van der Waals surface area contributed by atoms with Crippen LogP contribution in [-0.4, -0.2) is 28.3 Å². The van der Waals surface area contributed by atoms with Crippen LogP contribution in [0.5, 0.6) is 0 Å². The molecule has 1 aliphatic rings. The molecule has 4 nitrogen and oxygen atoms in total. The second-order valence-electron chi connectivity index (χ2n) is 4.10. The topological polar surface area (TPSA) is 53.6 Å². The zero-order valence-electron chi connectivity index (χ0n) is 8.94. The third-order valence-electron chi connectivity index (χ3n) is 3.06. The number of hydrogen-bond acceptors (Lipinski definition) is 4. The molecule has 1 fully saturated rings. The lowest BCUT2D eigenvalue weighted by Gasteiger charge is -2.20. The Morgan fingerprint density at radius 2 is 2.19 bits per heavy atom. The zero-order valence-corrected chi connectivity index (χ0v) is 9.76. The molecule has 0 atom stereocenters. The van der Waals surface area contributed by atoms with E-state index in [1.165, 1.54) is 18.5 Å². The Kier molecular flexibility index (Phi) is 2.71. The van der Waals surface area contributed by atoms with Crippen molar-refractivity contribution in [1.82, 2.24) is 20.5 Å². The van der Waals surface area contributed by atoms with Crippen LogP contribution in [-0.2, 0) is 0 Å². The van der Waals surface area contributed by atoms with Crippen LogP contribution in [0.15, 0.2) is 17.8 Å². The van der Waals surface area contributed by atoms with Gasteiger partial charge < -0.3 is 5.32 Å². The first-order chi connectivity index (χ1) is 7.93. The van der Waals surface area contributed by atoms with Crippen LogP contribution in [0.25, 0.3) is 10.6 Å². The zero-order chi connectivity index (χ0) is 10.8. The highest BCUT2D eigenvalue weighted by Gasteiger charge is 2.17. The number of aromatic nitrogens is 3. The molecule has 3 heterocycles. The number of nitrogens with zero attached hydrogens (tertiary/aromatic N) is 2. The Balaban J connectivity index is 1.82. The quantitative estimate of drug-likeness (QED) is 0.835. The fraction of sp³-hybridized carbons (Fsp3) is 0.455. The van der Waals surface area contributed by atoms with E-state index >= 15 is 0 Å². The lowest BCUT2D eigenvalue weighted by molar-refractivity contribution is 0.453. The second kappa shape index (κ2) is 4.35. The van der Waals surface area contributed by atoms with E-state index < -0.39 is 0 Å². The minimum atomic E-state index is 0.635. The molecule has 1 aliphatic heterocycles. The highest BCUT2D eigenvalue weighted by atomic mass is 32.1. The molecule has 2 aromatic heterocycles. The first-order valence-electron chi connectivity index (χ1n) is 5.58. The summed E-state index contributed by atoms with van der Waals surface area (Å²) in [5.41, 5.74) is 4.13. The summed E-state index contributed by atoms with van der Waals surface area (Å²) in [4.78, 5) is 5.21. The number of piperidine rings is 1. The minimum Gasteiger partial charge on any atom is -0.317 e. The summed E-state index contributed by atoms with van der Waals surface area (Å²) in [6.45, 7) is 2.22. The summed E-state index contributed by atoms with van der Waals surface area (Å²) < 4.78 is 0. The highest BCUT2D eigenvalue weighted by molar-refractivity contribution is 7.13. The molecule has 16 heavy (non-hydrogen) atoms. The van der Waals surface area contributed by atoms with Gasteiger partial charge in [-0.05, 0) is 32.0 Å². The van der Waals surface area contributed by atoms with Gasteiger partial charge >= 0.3 is 0 Å². The van der Waals surface area contributed by atoms with Crippen molar-refractivity contribution in [3.8, 4) is 10.6 Å². The van der Waals surface area contributed by atoms with E-state index in [9.17, 15) is 0 Å². The second-order valence-corrected chi connectivity index (χ2v) is 4.98. The summed E-state index contributed by atoms with van der Waals surface area (Å²) in [5, 5.41) is 10.9. The molecule has 84 valence electrons. The van der Waals surface area contributed by atoms with Crippen molar-refractivity contribution in [2.75, 3.05) is 13.1 Å². The molecule has 1 saturated heterocycles. The molecule has 5 heteroatoms. The van der Waals surface area contributed by atoms with Gasteiger partial charge in [-0.1, -0.05) is 0 Å². The highest BCUT2D eigenvalue weighted by Crippen LogP contribution is 2.28. The van der Waals surface area contributed by atoms with Gasteiger partial charge in [-0.3, -0.25) is 10.1 Å². The molecule has 0 bridgehead atoms. The predicted octanol–water partition coefficient (Wildman–Crippen LogP) is 2.00. The average molecular weight is 234 g/mol. The van der Waals surface area contributed by atoms with Crippen molar-refractivity contribution < 1.29 is 0 Å². The van der Waals surface area contributed by atoms with Gasteiger partial charge in [0.15, 0.2) is 0 Å². The number of aromatic amines is 1. The molecule has 0 amide bonds. The van der Waals surface area contributed by atoms with Crippen molar-refractivity contribution in [1.29, 1.82) is 0 Å². The van der Waals surface area contributed by atoms with Crippen LogP contribution in [0.1, 0.15) is 24.5 Å². The Hall–Kier alpha value is -1.20. The summed E-state index contributed by atoms with van der Waals surface area (Å²) >= 11 is 1.63. The fourth-order valence-corrected chi connectivity index (χ4v) is 2.73. The van der Waals surface area contributed by atoms with Crippen molar-refractivity contribution >= 4 is 11.3 Å². The molecule has 2 aromatic rings. The minimum absolute atomic E-state index is 0.635. The smallest absolute Gasteiger partial charge is 0.104 e. The van der Waals surface area contributed by atoms with E-state index in [1.54, 1.807) is 11.3 Å². The largest absolute Gasteiger partial charge is 0.317 e. The van der Waals surface area contributed by atoms with Gasteiger partial charge in [0.05, 0.1) is 10.4 Å². The molecule has 2 N–H and O–H groups in total. The van der Waals surface area contributed by atoms with Gasteiger partial charge in [0, 0.05) is 17.8 Å². The van der Waals surface area contributed by atoms with E-state index in [0.29, 0.717) is 5.92 Å². The number of hydrogen-bond donors (Lipinski definition) is 2. The molecule has 3 rings (SSSR count). The first kappa shape index (κ1) is 9.99. The summed E-state index contributed by atoms with van der Waals surface area (Å²) in [7, 11) is 0. The normalized spacial score (nSPS) is 17.8. The molecule has 0 aromatic carbocycles. The lowest BCUT2D eigenvalue weighted by Crippen LogP contribution is -2.26. The molecular weight excluding hydrogens is 220 g/mol. The number of H-pyrrole nitrogens is 1. The third-order valence-corrected chi connectivity index (χ3v) is 3.86. The lowest BCUT2D eigenvalue weighted by atomic mass is 9.94. The van der Waals surface area contributed by atoms with E-state index in [0.717, 1.165) is 23.7 Å². The van der Waals surface area contributed by atoms with Crippen molar-refractivity contribution in [2.45, 2.75) is 18.8 Å². The molecular formula is C11H14N4S. The Morgan fingerprint density at radius 1 is 1.31 bits per heavy atom. The van der Waals surface area contributed by atoms with Gasteiger partial charge in [0.1, 0.15) is 5.69 Å². The van der Waals surface area contributed by atoms with Crippen LogP contribution in [0, 0.1) is 0 Å². The Bertz CT molecular complexity index is 442. The van der Waals surface area contributed by atoms with Crippen LogP contribution in [0.4, 0.5) is 0 Å². The van der Waals surface area contributed by atoms with Gasteiger partial charge in [-0.2, -0.15) is 5.10 Å². The first-order valence-corrected chi connectivity index (χ1v) is 6.46. The van der Waals surface area contributed by atoms with Gasteiger partial charge in [-0.25, -0.2) is 0 Å². The van der Waals surface area contributed by atoms with E-state index in [4.69, 9.17) is 0 Å². The number of thiazole rings is 1. The summed E-state index contributed by atoms with van der Waals surface area (Å²) in [5.74, 6) is 0.635. The number of rotatable bonds is 2.